The van der Waals surface area contributed by atoms with Crippen LogP contribution >= 0.6 is 0 Å². The highest BCUT2D eigenvalue weighted by Crippen LogP contribution is 2.39. The van der Waals surface area contributed by atoms with Crippen LogP contribution in [0, 0.1) is 17.6 Å². The van der Waals surface area contributed by atoms with Crippen LogP contribution in [0.25, 0.3) is 0 Å². The summed E-state index contributed by atoms with van der Waals surface area (Å²) < 4.78 is 109. The number of halogens is 8. The third kappa shape index (κ3) is 6.91. The molecule has 0 aromatic heterocycles. The number of rotatable bonds is 4. The molecule has 0 radical (unpaired) electrons. The molecule has 44 heavy (non-hydrogen) atoms. The van der Waals surface area contributed by atoms with Crippen molar-refractivity contribution in [2.24, 2.45) is 5.92 Å². The Bertz CT molecular complexity index is 1390. The second-order valence-corrected chi connectivity index (χ2v) is 11.1. The van der Waals surface area contributed by atoms with Gasteiger partial charge in [0.2, 0.25) is 11.8 Å². The first-order valence-corrected chi connectivity index (χ1v) is 13.7. The maximum Gasteiger partial charge on any atom is 0.416 e. The van der Waals surface area contributed by atoms with E-state index in [2.05, 4.69) is 0 Å². The number of amides is 4. The van der Waals surface area contributed by atoms with Crippen LogP contribution in [-0.2, 0) is 21.9 Å². The van der Waals surface area contributed by atoms with Crippen molar-refractivity contribution in [2.75, 3.05) is 45.2 Å². The van der Waals surface area contributed by atoms with Crippen molar-refractivity contribution in [1.29, 1.82) is 0 Å². The van der Waals surface area contributed by atoms with Gasteiger partial charge in [0.15, 0.2) is 11.6 Å². The molecule has 2 aliphatic rings. The van der Waals surface area contributed by atoms with Crippen LogP contribution in [0.15, 0.2) is 36.4 Å². The quantitative estimate of drug-likeness (QED) is 0.403. The van der Waals surface area contributed by atoms with Crippen molar-refractivity contribution < 1.29 is 49.5 Å². The molecule has 0 bridgehead atoms. The predicted octanol–water partition coefficient (Wildman–Crippen LogP) is 5.74. The fraction of sp³-hybridized carbons (Fsp3) is 0.483. The second-order valence-electron chi connectivity index (χ2n) is 11.1. The number of urea groups is 1. The van der Waals surface area contributed by atoms with E-state index in [1.54, 1.807) is 4.90 Å². The summed E-state index contributed by atoms with van der Waals surface area (Å²) in [6.07, 6.45) is -9.47. The number of piperidine rings is 1. The summed E-state index contributed by atoms with van der Waals surface area (Å²) in [6.45, 7) is 2.07. The van der Waals surface area contributed by atoms with Gasteiger partial charge in [-0.15, -0.1) is 0 Å². The van der Waals surface area contributed by atoms with Crippen LogP contribution < -0.4 is 4.90 Å². The summed E-state index contributed by atoms with van der Waals surface area (Å²) in [5, 5.41) is 0. The number of nitrogens with zero attached hydrogens (tertiary/aromatic N) is 4. The van der Waals surface area contributed by atoms with Gasteiger partial charge >= 0.3 is 18.4 Å². The molecule has 2 aromatic rings. The zero-order chi connectivity index (χ0) is 32.7. The molecular weight excluding hydrogens is 604 g/mol. The first-order chi connectivity index (χ1) is 20.4. The molecule has 4 rings (SSSR count). The van der Waals surface area contributed by atoms with E-state index >= 15 is 0 Å². The molecule has 0 saturated carbocycles. The van der Waals surface area contributed by atoms with E-state index in [0.717, 1.165) is 24.1 Å². The van der Waals surface area contributed by atoms with E-state index in [1.807, 2.05) is 0 Å². The topological polar surface area (TPSA) is 64.2 Å². The van der Waals surface area contributed by atoms with Crippen molar-refractivity contribution in [3.63, 3.8) is 0 Å². The molecule has 0 aliphatic carbocycles. The molecule has 2 atom stereocenters. The molecule has 2 heterocycles. The van der Waals surface area contributed by atoms with Crippen molar-refractivity contribution in [3.8, 4) is 0 Å². The highest BCUT2D eigenvalue weighted by molar-refractivity contribution is 5.92. The second kappa shape index (κ2) is 12.2. The Morgan fingerprint density at radius 3 is 1.86 bits per heavy atom. The third-order valence-corrected chi connectivity index (χ3v) is 8.31. The minimum Gasteiger partial charge on any atom is -0.343 e. The first kappa shape index (κ1) is 33.0. The van der Waals surface area contributed by atoms with Crippen LogP contribution in [-0.4, -0.2) is 78.9 Å². The van der Waals surface area contributed by atoms with E-state index in [-0.39, 0.29) is 36.5 Å². The average molecular weight is 635 g/mol. The monoisotopic (exact) mass is 634 g/mol. The number of alkyl halides is 6. The van der Waals surface area contributed by atoms with Crippen LogP contribution in [0.5, 0.6) is 0 Å². The summed E-state index contributed by atoms with van der Waals surface area (Å²) in [7, 11) is 2.29. The Kier molecular flexibility index (Phi) is 9.17. The predicted molar refractivity (Wildman–Crippen MR) is 142 cm³/mol. The highest BCUT2D eigenvalue weighted by atomic mass is 19.4. The fourth-order valence-electron chi connectivity index (χ4n) is 5.75. The molecule has 2 unspecified atom stereocenters. The van der Waals surface area contributed by atoms with E-state index in [0.29, 0.717) is 43.0 Å². The largest absolute Gasteiger partial charge is 0.416 e. The molecule has 15 heteroatoms. The summed E-state index contributed by atoms with van der Waals surface area (Å²) in [5.74, 6) is -3.89. The number of benzene rings is 2. The Hall–Kier alpha value is -3.91. The maximum atomic E-state index is 14.2. The molecular formula is C29H30F8N4O3. The molecule has 2 aliphatic heterocycles. The number of hydrogen-bond acceptors (Lipinski definition) is 3. The van der Waals surface area contributed by atoms with Crippen molar-refractivity contribution in [2.45, 2.75) is 44.1 Å². The Balaban J connectivity index is 1.63. The number of anilines is 1. The van der Waals surface area contributed by atoms with E-state index in [4.69, 9.17) is 0 Å². The maximum absolute atomic E-state index is 14.2. The zero-order valence-corrected chi connectivity index (χ0v) is 24.0. The highest BCUT2D eigenvalue weighted by Gasteiger charge is 2.43. The number of carbonyl (C=O) groups excluding carboxylic acids is 3. The summed E-state index contributed by atoms with van der Waals surface area (Å²) in [5.41, 5.74) is -3.62. The van der Waals surface area contributed by atoms with Crippen molar-refractivity contribution in [3.05, 3.63) is 64.7 Å². The Morgan fingerprint density at radius 1 is 0.795 bits per heavy atom. The lowest BCUT2D eigenvalue weighted by Gasteiger charge is -2.33. The lowest BCUT2D eigenvalue weighted by atomic mass is 9.93. The van der Waals surface area contributed by atoms with Crippen LogP contribution in [0.1, 0.15) is 42.4 Å². The minimum atomic E-state index is -5.13. The average Bonchev–Trinajstić information content (AvgIpc) is 3.41. The minimum absolute atomic E-state index is 0.00932. The molecule has 2 saturated heterocycles. The van der Waals surface area contributed by atoms with Gasteiger partial charge < -0.3 is 14.7 Å². The first-order valence-electron chi connectivity index (χ1n) is 13.7. The third-order valence-electron chi connectivity index (χ3n) is 8.31. The van der Waals surface area contributed by atoms with Gasteiger partial charge in [-0.1, -0.05) is 6.07 Å². The molecule has 240 valence electrons. The lowest BCUT2D eigenvalue weighted by Crippen LogP contribution is -2.48. The molecule has 0 spiro atoms. The van der Waals surface area contributed by atoms with E-state index in [1.165, 1.54) is 24.9 Å². The van der Waals surface area contributed by atoms with Crippen molar-refractivity contribution in [1.82, 2.24) is 14.7 Å². The Morgan fingerprint density at radius 2 is 1.36 bits per heavy atom. The SMILES string of the molecule is CC(=O)N1CCC(C(=O)N2CC(c3ccc(F)c(F)c3)C(N(C)C(=O)N(C)c3cc(C(F)(F)F)cc(C(F)(F)F)c3)C2)CC1. The standard InChI is InChI=1S/C29H30F8N4O3/c1-16(42)40-8-6-17(7-9-40)26(43)41-14-22(18-4-5-23(30)24(31)10-18)25(15-41)39(3)27(44)38(2)21-12-19(28(32,33)34)11-20(13-21)29(35,36)37/h4-5,10-13,17,22,25H,6-9,14-15H2,1-3H3. The number of carbonyl (C=O) groups is 3. The molecule has 4 amide bonds. The van der Waals surface area contributed by atoms with E-state index in [9.17, 15) is 49.5 Å². The van der Waals surface area contributed by atoms with Crippen LogP contribution in [0.4, 0.5) is 45.6 Å². The Labute approximate surface area is 248 Å². The molecule has 7 nitrogen and oxygen atoms in total. The lowest BCUT2D eigenvalue weighted by molar-refractivity contribution is -0.143. The summed E-state index contributed by atoms with van der Waals surface area (Å²) >= 11 is 0. The van der Waals surface area contributed by atoms with Gasteiger partial charge in [-0.2, -0.15) is 26.3 Å². The normalized spacial score (nSPS) is 19.7. The molecule has 0 N–H and O–H groups in total. The van der Waals surface area contributed by atoms with Gasteiger partial charge in [0.25, 0.3) is 0 Å². The number of likely N-dealkylation sites (tertiary alicyclic amines) is 2. The van der Waals surface area contributed by atoms with Gasteiger partial charge in [-0.25, -0.2) is 13.6 Å². The fourth-order valence-corrected chi connectivity index (χ4v) is 5.75. The zero-order valence-electron chi connectivity index (χ0n) is 24.0. The van der Waals surface area contributed by atoms with E-state index < -0.39 is 64.7 Å². The van der Waals surface area contributed by atoms with Crippen molar-refractivity contribution >= 4 is 23.5 Å². The smallest absolute Gasteiger partial charge is 0.343 e. The summed E-state index contributed by atoms with van der Waals surface area (Å²) in [4.78, 5) is 43.5. The molecule has 2 aromatic carbocycles. The van der Waals surface area contributed by atoms with Crippen LogP contribution in [0.2, 0.25) is 0 Å². The number of hydrogen-bond donors (Lipinski definition) is 0. The summed E-state index contributed by atoms with van der Waals surface area (Å²) in [6, 6.07) is 2.02. The van der Waals surface area contributed by atoms with Gasteiger partial charge in [-0.3, -0.25) is 14.5 Å². The number of likely N-dealkylation sites (N-methyl/N-ethyl adjacent to an activating group) is 1. The van der Waals surface area contributed by atoms with Gasteiger partial charge in [-0.05, 0) is 48.7 Å². The molecule has 2 fully saturated rings. The van der Waals surface area contributed by atoms with Crippen LogP contribution in [0.3, 0.4) is 0 Å². The van der Waals surface area contributed by atoms with Gasteiger partial charge in [0.05, 0.1) is 17.2 Å². The van der Waals surface area contributed by atoms with Gasteiger partial charge in [0, 0.05) is 64.7 Å². The van der Waals surface area contributed by atoms with Gasteiger partial charge in [0.1, 0.15) is 0 Å².